The van der Waals surface area contributed by atoms with Gasteiger partial charge in [-0.25, -0.2) is 4.99 Å². The number of fused-ring (bicyclic) bond motifs is 2. The Labute approximate surface area is 164 Å². The van der Waals surface area contributed by atoms with E-state index in [0.29, 0.717) is 11.5 Å². The van der Waals surface area contributed by atoms with Crippen molar-refractivity contribution in [3.8, 4) is 0 Å². The average Bonchev–Trinajstić information content (AvgIpc) is 3.11. The van der Waals surface area contributed by atoms with E-state index in [2.05, 4.69) is 47.8 Å². The summed E-state index contributed by atoms with van der Waals surface area (Å²) >= 11 is 0. The second-order valence-corrected chi connectivity index (χ2v) is 7.77. The van der Waals surface area contributed by atoms with Crippen LogP contribution in [0.3, 0.4) is 0 Å². The van der Waals surface area contributed by atoms with Gasteiger partial charge >= 0.3 is 0 Å². The van der Waals surface area contributed by atoms with Crippen molar-refractivity contribution in [3.63, 3.8) is 0 Å². The van der Waals surface area contributed by atoms with Gasteiger partial charge < -0.3 is 11.1 Å². The molecule has 2 aliphatic heterocycles. The highest BCUT2D eigenvalue weighted by Crippen LogP contribution is 2.32. The van der Waals surface area contributed by atoms with Gasteiger partial charge in [0.25, 0.3) is 0 Å². The van der Waals surface area contributed by atoms with Gasteiger partial charge in [0, 0.05) is 28.8 Å². The predicted molar refractivity (Wildman–Crippen MR) is 110 cm³/mol. The number of allylic oxidation sites excluding steroid dienone is 3. The van der Waals surface area contributed by atoms with E-state index >= 15 is 0 Å². The van der Waals surface area contributed by atoms with Crippen LogP contribution in [0.1, 0.15) is 46.2 Å². The summed E-state index contributed by atoms with van der Waals surface area (Å²) in [6.07, 6.45) is 9.10. The molecule has 0 saturated carbocycles. The van der Waals surface area contributed by atoms with Gasteiger partial charge in [-0.3, -0.25) is 4.79 Å². The van der Waals surface area contributed by atoms with Crippen molar-refractivity contribution in [1.82, 2.24) is 5.32 Å². The van der Waals surface area contributed by atoms with Gasteiger partial charge in [0.1, 0.15) is 0 Å². The summed E-state index contributed by atoms with van der Waals surface area (Å²) in [4.78, 5) is 16.2. The molecule has 2 aromatic rings. The summed E-state index contributed by atoms with van der Waals surface area (Å²) in [5.74, 6) is 0.418. The number of nitrogens with one attached hydrogen (secondary N) is 1. The normalized spacial score (nSPS) is 22.9. The summed E-state index contributed by atoms with van der Waals surface area (Å²) in [7, 11) is 0. The first kappa shape index (κ1) is 17.1. The molecule has 4 nitrogen and oxygen atoms in total. The van der Waals surface area contributed by atoms with Crippen LogP contribution in [0, 0.1) is 0 Å². The van der Waals surface area contributed by atoms with Crippen molar-refractivity contribution in [2.75, 3.05) is 13.1 Å². The molecule has 1 amide bonds. The molecule has 2 atom stereocenters. The molecule has 2 aromatic carbocycles. The van der Waals surface area contributed by atoms with Crippen LogP contribution in [-0.2, 0) is 0 Å². The predicted octanol–water partition coefficient (Wildman–Crippen LogP) is 2.27. The van der Waals surface area contributed by atoms with E-state index in [1.807, 2.05) is 6.07 Å². The molecule has 0 bridgehead atoms. The highest BCUT2D eigenvalue weighted by atomic mass is 16.1. The van der Waals surface area contributed by atoms with Crippen LogP contribution in [0.15, 0.2) is 71.4 Å². The lowest BCUT2D eigenvalue weighted by Crippen LogP contribution is -2.28. The quantitative estimate of drug-likeness (QED) is 0.872. The molecular weight excluding hydrogens is 346 g/mol. The van der Waals surface area contributed by atoms with Crippen LogP contribution in [0.4, 0.5) is 0 Å². The van der Waals surface area contributed by atoms with Crippen LogP contribution in [0.2, 0.25) is 0 Å². The van der Waals surface area contributed by atoms with Crippen molar-refractivity contribution in [1.29, 1.82) is 0 Å². The number of nitrogens with zero attached hydrogens (tertiary/aromatic N) is 1. The highest BCUT2D eigenvalue weighted by molar-refractivity contribution is 5.93. The fraction of sp³-hybridized carbons (Fsp3) is 0.250. The van der Waals surface area contributed by atoms with E-state index in [1.165, 1.54) is 24.0 Å². The van der Waals surface area contributed by atoms with Gasteiger partial charge in [-0.1, -0.05) is 42.5 Å². The number of piperidine rings is 1. The molecule has 1 fully saturated rings. The SMILES string of the molecule is NC(=O)c1ccc2c(c1)=NC1=CC(c3ccc([C@@H]4CCCNC4)cc3)C=CC=21. The maximum absolute atomic E-state index is 11.4. The van der Waals surface area contributed by atoms with Crippen molar-refractivity contribution >= 4 is 11.5 Å². The number of hydrogen-bond donors (Lipinski definition) is 2. The van der Waals surface area contributed by atoms with E-state index in [9.17, 15) is 4.79 Å². The van der Waals surface area contributed by atoms with E-state index in [1.54, 1.807) is 12.1 Å². The summed E-state index contributed by atoms with van der Waals surface area (Å²) in [6, 6.07) is 14.5. The molecule has 1 unspecified atom stereocenters. The number of nitrogens with two attached hydrogens (primary N) is 1. The minimum atomic E-state index is -0.423. The van der Waals surface area contributed by atoms with E-state index in [-0.39, 0.29) is 5.92 Å². The maximum atomic E-state index is 11.4. The zero-order chi connectivity index (χ0) is 19.1. The van der Waals surface area contributed by atoms with Crippen molar-refractivity contribution in [2.45, 2.75) is 24.7 Å². The zero-order valence-corrected chi connectivity index (χ0v) is 15.7. The van der Waals surface area contributed by atoms with Crippen LogP contribution in [0.25, 0.3) is 5.57 Å². The zero-order valence-electron chi connectivity index (χ0n) is 15.7. The largest absolute Gasteiger partial charge is 0.366 e. The first-order chi connectivity index (χ1) is 13.7. The van der Waals surface area contributed by atoms with Crippen LogP contribution in [-0.4, -0.2) is 19.0 Å². The van der Waals surface area contributed by atoms with E-state index in [4.69, 9.17) is 10.7 Å². The molecule has 140 valence electrons. The minimum absolute atomic E-state index is 0.214. The third-order valence-electron chi connectivity index (χ3n) is 5.99. The fourth-order valence-corrected chi connectivity index (χ4v) is 4.39. The Morgan fingerprint density at radius 2 is 1.93 bits per heavy atom. The van der Waals surface area contributed by atoms with Gasteiger partial charge in [0.2, 0.25) is 5.91 Å². The van der Waals surface area contributed by atoms with Gasteiger partial charge in [-0.15, -0.1) is 0 Å². The van der Waals surface area contributed by atoms with Crippen LogP contribution < -0.4 is 21.6 Å². The number of benzene rings is 2. The lowest BCUT2D eigenvalue weighted by Gasteiger charge is -2.23. The number of carbonyl (C=O) groups excluding carboxylic acids is 1. The Hall–Kier alpha value is -2.98. The van der Waals surface area contributed by atoms with Crippen molar-refractivity contribution < 1.29 is 4.79 Å². The molecule has 5 rings (SSSR count). The van der Waals surface area contributed by atoms with E-state index in [0.717, 1.165) is 34.9 Å². The van der Waals surface area contributed by atoms with E-state index < -0.39 is 5.91 Å². The minimum Gasteiger partial charge on any atom is -0.366 e. The molecular formula is C24H23N3O. The molecule has 4 heteroatoms. The monoisotopic (exact) mass is 369 g/mol. The maximum Gasteiger partial charge on any atom is 0.248 e. The molecule has 28 heavy (non-hydrogen) atoms. The van der Waals surface area contributed by atoms with Gasteiger partial charge in [0.05, 0.1) is 11.1 Å². The molecule has 1 aliphatic carbocycles. The first-order valence-corrected chi connectivity index (χ1v) is 9.93. The molecule has 2 heterocycles. The number of rotatable bonds is 3. The Balaban J connectivity index is 1.43. The summed E-state index contributed by atoms with van der Waals surface area (Å²) in [5, 5.41) is 5.37. The molecule has 0 aromatic heterocycles. The number of amides is 1. The Kier molecular flexibility index (Phi) is 4.21. The second kappa shape index (κ2) is 6.88. The van der Waals surface area contributed by atoms with Gasteiger partial charge in [0.15, 0.2) is 0 Å². The summed E-state index contributed by atoms with van der Waals surface area (Å²) in [5.41, 5.74) is 10.7. The van der Waals surface area contributed by atoms with Gasteiger partial charge in [-0.05, 0) is 54.6 Å². The molecule has 0 radical (unpaired) electrons. The second-order valence-electron chi connectivity index (χ2n) is 7.77. The van der Waals surface area contributed by atoms with Gasteiger partial charge in [-0.2, -0.15) is 0 Å². The van der Waals surface area contributed by atoms with Crippen LogP contribution in [0.5, 0.6) is 0 Å². The summed E-state index contributed by atoms with van der Waals surface area (Å²) < 4.78 is 0. The number of primary amides is 1. The topological polar surface area (TPSA) is 67.5 Å². The lowest BCUT2D eigenvalue weighted by atomic mass is 9.87. The third kappa shape index (κ3) is 3.00. The molecule has 0 spiro atoms. The molecule has 3 aliphatic rings. The van der Waals surface area contributed by atoms with Crippen molar-refractivity contribution in [3.05, 3.63) is 93.7 Å². The third-order valence-corrected chi connectivity index (χ3v) is 5.99. The first-order valence-electron chi connectivity index (χ1n) is 9.93. The molecule has 1 saturated heterocycles. The molecule has 3 N–H and O–H groups in total. The Bertz CT molecular complexity index is 1120. The fourth-order valence-electron chi connectivity index (χ4n) is 4.39. The highest BCUT2D eigenvalue weighted by Gasteiger charge is 2.20. The Morgan fingerprint density at radius 3 is 2.68 bits per heavy atom. The van der Waals surface area contributed by atoms with Crippen LogP contribution >= 0.6 is 0 Å². The van der Waals surface area contributed by atoms with Crippen molar-refractivity contribution in [2.24, 2.45) is 10.7 Å². The standard InChI is InChI=1S/C24H23N3O/c25-24(28)18-8-10-21-20-9-7-17(12-22(20)27-23(21)13-18)15-3-5-16(6-4-15)19-2-1-11-26-14-19/h3-10,12-13,17,19,26H,1-2,11,14H2,(H2,25,28)/t17?,19-/m1/s1. The summed E-state index contributed by atoms with van der Waals surface area (Å²) in [6.45, 7) is 2.22. The lowest BCUT2D eigenvalue weighted by molar-refractivity contribution is 0.1000. The smallest absolute Gasteiger partial charge is 0.248 e. The number of carbonyl (C=O) groups is 1. The average molecular weight is 369 g/mol. The Morgan fingerprint density at radius 1 is 1.11 bits per heavy atom. The number of hydrogen-bond acceptors (Lipinski definition) is 3.